The van der Waals surface area contributed by atoms with Gasteiger partial charge in [0.05, 0.1) is 12.5 Å². The number of carbonyl (C=O) groups is 2. The Kier molecular flexibility index (Phi) is 6.51. The van der Waals surface area contributed by atoms with Gasteiger partial charge in [-0.1, -0.05) is 13.0 Å². The van der Waals surface area contributed by atoms with E-state index in [1.807, 2.05) is 31.4 Å². The zero-order valence-corrected chi connectivity index (χ0v) is 12.9. The smallest absolute Gasteiger partial charge is 0.317 e. The van der Waals surface area contributed by atoms with Crippen LogP contribution in [0.2, 0.25) is 0 Å². The van der Waals surface area contributed by atoms with E-state index in [9.17, 15) is 9.59 Å². The van der Waals surface area contributed by atoms with E-state index in [2.05, 4.69) is 5.32 Å². The molecule has 1 rings (SSSR count). The number of carbonyl (C=O) groups excluding carboxylic acids is 1. The number of hydrogen-bond acceptors (Lipinski definition) is 3. The molecule has 0 saturated carbocycles. The Labute approximate surface area is 123 Å². The van der Waals surface area contributed by atoms with Crippen molar-refractivity contribution in [3.63, 3.8) is 0 Å². The van der Waals surface area contributed by atoms with E-state index >= 15 is 0 Å². The predicted molar refractivity (Wildman–Crippen MR) is 79.8 cm³/mol. The molecule has 0 fully saturated rings. The average molecular weight is 298 g/mol. The molecule has 0 aliphatic heterocycles. The molecule has 2 amide bonds. The number of rotatable bonds is 7. The normalized spacial score (nSPS) is 12.2. The van der Waals surface area contributed by atoms with Crippen LogP contribution in [0.5, 0.6) is 0 Å². The molecule has 6 heteroatoms. The van der Waals surface area contributed by atoms with Crippen molar-refractivity contribution < 1.29 is 14.7 Å². The minimum absolute atomic E-state index is 0.0917. The summed E-state index contributed by atoms with van der Waals surface area (Å²) in [6.07, 6.45) is 0.437. The van der Waals surface area contributed by atoms with E-state index in [1.54, 1.807) is 23.2 Å². The van der Waals surface area contributed by atoms with Crippen LogP contribution in [-0.2, 0) is 11.3 Å². The zero-order valence-electron chi connectivity index (χ0n) is 12.1. The standard InChI is InChI=1S/C14H22N2O3S/c1-10(2)16(9-12-5-4-8-20-12)14(19)15-7-6-11(3)13(17)18/h4-5,8,10-11H,6-7,9H2,1-3H3,(H,15,19)(H,17,18). The highest BCUT2D eigenvalue weighted by Gasteiger charge is 2.18. The molecule has 5 nitrogen and oxygen atoms in total. The molecule has 0 aliphatic rings. The Balaban J connectivity index is 2.46. The van der Waals surface area contributed by atoms with Crippen LogP contribution < -0.4 is 5.32 Å². The van der Waals surface area contributed by atoms with Crippen molar-refractivity contribution in [3.05, 3.63) is 22.4 Å². The molecular formula is C14H22N2O3S. The van der Waals surface area contributed by atoms with E-state index in [0.717, 1.165) is 4.88 Å². The first-order valence-corrected chi connectivity index (χ1v) is 7.59. The van der Waals surface area contributed by atoms with E-state index in [-0.39, 0.29) is 12.1 Å². The Morgan fingerprint density at radius 3 is 2.60 bits per heavy atom. The largest absolute Gasteiger partial charge is 0.481 e. The van der Waals surface area contributed by atoms with Gasteiger partial charge >= 0.3 is 12.0 Å². The van der Waals surface area contributed by atoms with Gasteiger partial charge in [-0.05, 0) is 31.7 Å². The number of carboxylic acids is 1. The maximum absolute atomic E-state index is 12.1. The second-order valence-electron chi connectivity index (χ2n) is 5.06. The summed E-state index contributed by atoms with van der Waals surface area (Å²) >= 11 is 1.62. The third kappa shape index (κ3) is 5.21. The van der Waals surface area contributed by atoms with Gasteiger partial charge in [-0.3, -0.25) is 4.79 Å². The molecule has 0 spiro atoms. The number of thiophene rings is 1. The highest BCUT2D eigenvalue weighted by Crippen LogP contribution is 2.14. The highest BCUT2D eigenvalue weighted by molar-refractivity contribution is 7.09. The average Bonchev–Trinajstić information content (AvgIpc) is 2.87. The number of urea groups is 1. The second-order valence-corrected chi connectivity index (χ2v) is 6.09. The van der Waals surface area contributed by atoms with Gasteiger partial charge < -0.3 is 15.3 Å². The molecule has 1 unspecified atom stereocenters. The van der Waals surface area contributed by atoms with Crippen molar-refractivity contribution >= 4 is 23.3 Å². The van der Waals surface area contributed by atoms with Crippen LogP contribution in [0.15, 0.2) is 17.5 Å². The molecule has 1 aromatic heterocycles. The summed E-state index contributed by atoms with van der Waals surface area (Å²) in [6.45, 7) is 6.52. The van der Waals surface area contributed by atoms with Crippen molar-refractivity contribution in [1.29, 1.82) is 0 Å². The van der Waals surface area contributed by atoms with Crippen molar-refractivity contribution in [2.75, 3.05) is 6.54 Å². The lowest BCUT2D eigenvalue weighted by molar-refractivity contribution is -0.141. The molecule has 1 atom stereocenters. The molecule has 20 heavy (non-hydrogen) atoms. The Bertz CT molecular complexity index is 432. The van der Waals surface area contributed by atoms with E-state index < -0.39 is 11.9 Å². The van der Waals surface area contributed by atoms with Crippen LogP contribution in [0.25, 0.3) is 0 Å². The monoisotopic (exact) mass is 298 g/mol. The third-order valence-corrected chi connectivity index (χ3v) is 3.93. The summed E-state index contributed by atoms with van der Waals surface area (Å²) in [5, 5.41) is 13.6. The highest BCUT2D eigenvalue weighted by atomic mass is 32.1. The fraction of sp³-hybridized carbons (Fsp3) is 0.571. The van der Waals surface area contributed by atoms with Gasteiger partial charge in [0, 0.05) is 17.5 Å². The molecule has 0 radical (unpaired) electrons. The molecular weight excluding hydrogens is 276 g/mol. The van der Waals surface area contributed by atoms with Gasteiger partial charge in [0.25, 0.3) is 0 Å². The molecule has 0 aromatic carbocycles. The van der Waals surface area contributed by atoms with Gasteiger partial charge in [-0.15, -0.1) is 11.3 Å². The van der Waals surface area contributed by atoms with E-state index in [4.69, 9.17) is 5.11 Å². The summed E-state index contributed by atoms with van der Waals surface area (Å²) in [7, 11) is 0. The van der Waals surface area contributed by atoms with E-state index in [1.165, 1.54) is 0 Å². The molecule has 1 aromatic rings. The lowest BCUT2D eigenvalue weighted by Gasteiger charge is -2.26. The number of aliphatic carboxylic acids is 1. The zero-order chi connectivity index (χ0) is 15.1. The fourth-order valence-corrected chi connectivity index (χ4v) is 2.38. The van der Waals surface area contributed by atoms with Gasteiger partial charge in [0.2, 0.25) is 0 Å². The Morgan fingerprint density at radius 1 is 1.40 bits per heavy atom. The van der Waals surface area contributed by atoms with Crippen LogP contribution in [-0.4, -0.2) is 34.6 Å². The maximum Gasteiger partial charge on any atom is 0.317 e. The number of nitrogens with one attached hydrogen (secondary N) is 1. The van der Waals surface area contributed by atoms with Crippen LogP contribution in [0.3, 0.4) is 0 Å². The number of amides is 2. The summed E-state index contributed by atoms with van der Waals surface area (Å²) in [5.74, 6) is -1.28. The van der Waals surface area contributed by atoms with Crippen molar-refractivity contribution in [1.82, 2.24) is 10.2 Å². The van der Waals surface area contributed by atoms with Crippen LogP contribution >= 0.6 is 11.3 Å². The summed E-state index contributed by atoms with van der Waals surface area (Å²) < 4.78 is 0. The van der Waals surface area contributed by atoms with Crippen LogP contribution in [0.4, 0.5) is 4.79 Å². The summed E-state index contributed by atoms with van der Waals surface area (Å²) in [6, 6.07) is 3.91. The first-order valence-electron chi connectivity index (χ1n) is 6.71. The van der Waals surface area contributed by atoms with Crippen LogP contribution in [0, 0.1) is 5.92 Å². The molecule has 1 heterocycles. The van der Waals surface area contributed by atoms with Gasteiger partial charge in [-0.25, -0.2) is 4.79 Å². The fourth-order valence-electron chi connectivity index (χ4n) is 1.68. The molecule has 0 saturated heterocycles. The second kappa shape index (κ2) is 7.89. The maximum atomic E-state index is 12.1. The first-order chi connectivity index (χ1) is 9.41. The number of hydrogen-bond donors (Lipinski definition) is 2. The van der Waals surface area contributed by atoms with Crippen molar-refractivity contribution in [2.24, 2.45) is 5.92 Å². The molecule has 0 bridgehead atoms. The SMILES string of the molecule is CC(CCNC(=O)N(Cc1cccs1)C(C)C)C(=O)O. The van der Waals surface area contributed by atoms with Crippen molar-refractivity contribution in [3.8, 4) is 0 Å². The van der Waals surface area contributed by atoms with Gasteiger partial charge in [0.15, 0.2) is 0 Å². The molecule has 2 N–H and O–H groups in total. The summed E-state index contributed by atoms with van der Waals surface area (Å²) in [5.41, 5.74) is 0. The lowest BCUT2D eigenvalue weighted by atomic mass is 10.1. The van der Waals surface area contributed by atoms with Crippen molar-refractivity contribution in [2.45, 2.75) is 39.8 Å². The third-order valence-electron chi connectivity index (χ3n) is 3.07. The minimum atomic E-state index is -0.835. The van der Waals surface area contributed by atoms with E-state index in [0.29, 0.717) is 19.5 Å². The minimum Gasteiger partial charge on any atom is -0.481 e. The van der Waals surface area contributed by atoms with Gasteiger partial charge in [0.1, 0.15) is 0 Å². The quantitative estimate of drug-likeness (QED) is 0.813. The number of carboxylic acid groups (broad SMARTS) is 1. The summed E-state index contributed by atoms with van der Waals surface area (Å²) in [4.78, 5) is 25.7. The molecule has 112 valence electrons. The molecule has 0 aliphatic carbocycles. The lowest BCUT2D eigenvalue weighted by Crippen LogP contribution is -2.43. The topological polar surface area (TPSA) is 69.6 Å². The van der Waals surface area contributed by atoms with Crippen LogP contribution in [0.1, 0.15) is 32.1 Å². The Morgan fingerprint density at radius 2 is 2.10 bits per heavy atom. The predicted octanol–water partition coefficient (Wildman–Crippen LogP) is 2.78. The van der Waals surface area contributed by atoms with Gasteiger partial charge in [-0.2, -0.15) is 0 Å². The number of nitrogens with zero attached hydrogens (tertiary/aromatic N) is 1. The first kappa shape index (κ1) is 16.5. The Hall–Kier alpha value is -1.56.